The highest BCUT2D eigenvalue weighted by atomic mass is 32.1. The number of hydrogen-bond donors (Lipinski definition) is 2. The maximum Gasteiger partial charge on any atom is 0.273 e. The number of aromatic nitrogens is 3. The summed E-state index contributed by atoms with van der Waals surface area (Å²) in [6, 6.07) is -0.181. The van der Waals surface area contributed by atoms with Gasteiger partial charge in [-0.15, -0.1) is 11.3 Å². The van der Waals surface area contributed by atoms with Gasteiger partial charge in [-0.3, -0.25) is 14.3 Å². The first-order chi connectivity index (χ1) is 12.1. The van der Waals surface area contributed by atoms with Gasteiger partial charge in [0.15, 0.2) is 0 Å². The Labute approximate surface area is 149 Å². The Morgan fingerprint density at radius 3 is 2.96 bits per heavy atom. The molecule has 3 unspecified atom stereocenters. The summed E-state index contributed by atoms with van der Waals surface area (Å²) in [7, 11) is 1.88. The van der Waals surface area contributed by atoms with Gasteiger partial charge in [-0.1, -0.05) is 0 Å². The lowest BCUT2D eigenvalue weighted by Gasteiger charge is -2.21. The van der Waals surface area contributed by atoms with Crippen molar-refractivity contribution in [2.24, 2.45) is 7.05 Å². The summed E-state index contributed by atoms with van der Waals surface area (Å²) in [5.74, 6) is 0.0780. The summed E-state index contributed by atoms with van der Waals surface area (Å²) in [6.07, 6.45) is 4.59. The van der Waals surface area contributed by atoms with Gasteiger partial charge in [0.1, 0.15) is 5.69 Å². The van der Waals surface area contributed by atoms with E-state index in [1.807, 2.05) is 24.3 Å². The van der Waals surface area contributed by atoms with Gasteiger partial charge in [0.25, 0.3) is 5.91 Å². The molecule has 2 fully saturated rings. The average Bonchev–Trinajstić information content (AvgIpc) is 3.36. The molecule has 2 aliphatic heterocycles. The van der Waals surface area contributed by atoms with Crippen molar-refractivity contribution in [1.82, 2.24) is 30.3 Å². The van der Waals surface area contributed by atoms with Crippen LogP contribution in [0, 0.1) is 0 Å². The number of carbonyl (C=O) groups is 2. The van der Waals surface area contributed by atoms with Crippen molar-refractivity contribution < 1.29 is 9.59 Å². The quantitative estimate of drug-likeness (QED) is 0.798. The second-order valence-electron chi connectivity index (χ2n) is 6.54. The van der Waals surface area contributed by atoms with E-state index in [0.717, 1.165) is 12.0 Å². The molecule has 0 spiro atoms. The van der Waals surface area contributed by atoms with Gasteiger partial charge in [-0.05, 0) is 12.0 Å². The predicted octanol–water partition coefficient (Wildman–Crippen LogP) is -0.0371. The fourth-order valence-electron chi connectivity index (χ4n) is 3.60. The summed E-state index contributed by atoms with van der Waals surface area (Å²) in [6.45, 7) is 1.84. The number of carbonyl (C=O) groups excluding carboxylic acids is 2. The minimum absolute atomic E-state index is 0.0145. The molecular weight excluding hydrogens is 340 g/mol. The Kier molecular flexibility index (Phi) is 4.26. The molecule has 3 atom stereocenters. The van der Waals surface area contributed by atoms with Crippen LogP contribution in [0.3, 0.4) is 0 Å². The van der Waals surface area contributed by atoms with E-state index in [2.05, 4.69) is 20.7 Å². The van der Waals surface area contributed by atoms with Crippen molar-refractivity contribution in [3.05, 3.63) is 34.5 Å². The predicted molar refractivity (Wildman–Crippen MR) is 92.3 cm³/mol. The lowest BCUT2D eigenvalue weighted by Crippen LogP contribution is -2.46. The molecule has 8 nitrogen and oxygen atoms in total. The number of rotatable bonds is 4. The smallest absolute Gasteiger partial charge is 0.273 e. The molecule has 0 radical (unpaired) electrons. The molecule has 2 aromatic rings. The number of nitrogens with one attached hydrogen (secondary N) is 2. The fraction of sp³-hybridized carbons (Fsp3) is 0.500. The zero-order chi connectivity index (χ0) is 17.4. The third-order valence-electron chi connectivity index (χ3n) is 4.88. The van der Waals surface area contributed by atoms with Gasteiger partial charge < -0.3 is 15.5 Å². The van der Waals surface area contributed by atoms with Gasteiger partial charge in [0.05, 0.1) is 17.7 Å². The van der Waals surface area contributed by atoms with Crippen LogP contribution in [0.15, 0.2) is 23.3 Å². The van der Waals surface area contributed by atoms with Gasteiger partial charge in [-0.25, -0.2) is 4.98 Å². The number of amides is 2. The lowest BCUT2D eigenvalue weighted by atomic mass is 9.96. The van der Waals surface area contributed by atoms with Gasteiger partial charge in [0, 0.05) is 50.2 Å². The lowest BCUT2D eigenvalue weighted by molar-refractivity contribution is -0.121. The van der Waals surface area contributed by atoms with E-state index < -0.39 is 0 Å². The Morgan fingerprint density at radius 2 is 2.32 bits per heavy atom. The monoisotopic (exact) mass is 360 g/mol. The zero-order valence-electron chi connectivity index (χ0n) is 13.9. The van der Waals surface area contributed by atoms with Crippen LogP contribution in [-0.2, 0) is 11.8 Å². The van der Waals surface area contributed by atoms with Crippen LogP contribution >= 0.6 is 11.3 Å². The standard InChI is InChI=1S/C16H20N6O2S/c1-21-5-10(4-19-21)11-6-22(16(24)14-8-25-9-18-14)7-13(11)20-12-2-3-17-15(12)23/h4-5,8-9,11-13,20H,2-3,6-7H2,1H3,(H,17,23). The van der Waals surface area contributed by atoms with E-state index in [9.17, 15) is 9.59 Å². The van der Waals surface area contributed by atoms with Crippen LogP contribution in [0.25, 0.3) is 0 Å². The minimum atomic E-state index is -0.196. The number of hydrogen-bond acceptors (Lipinski definition) is 6. The molecule has 0 bridgehead atoms. The second kappa shape index (κ2) is 6.57. The van der Waals surface area contributed by atoms with Crippen LogP contribution in [0.5, 0.6) is 0 Å². The van der Waals surface area contributed by atoms with Gasteiger partial charge in [-0.2, -0.15) is 5.10 Å². The molecule has 2 amide bonds. The van der Waals surface area contributed by atoms with Crippen molar-refractivity contribution in [2.45, 2.75) is 24.4 Å². The Hall–Kier alpha value is -2.26. The molecule has 2 saturated heterocycles. The molecule has 9 heteroatoms. The second-order valence-corrected chi connectivity index (χ2v) is 7.26. The minimum Gasteiger partial charge on any atom is -0.355 e. The summed E-state index contributed by atoms with van der Waals surface area (Å²) in [5, 5.41) is 12.3. The third kappa shape index (κ3) is 3.16. The third-order valence-corrected chi connectivity index (χ3v) is 5.46. The van der Waals surface area contributed by atoms with Crippen LogP contribution < -0.4 is 10.6 Å². The van der Waals surface area contributed by atoms with E-state index in [0.29, 0.717) is 25.3 Å². The van der Waals surface area contributed by atoms with E-state index in [1.54, 1.807) is 15.6 Å². The first-order valence-corrected chi connectivity index (χ1v) is 9.26. The Morgan fingerprint density at radius 1 is 1.44 bits per heavy atom. The van der Waals surface area contributed by atoms with Crippen LogP contribution in [0.1, 0.15) is 28.4 Å². The maximum absolute atomic E-state index is 12.7. The van der Waals surface area contributed by atoms with Crippen LogP contribution in [0.4, 0.5) is 0 Å². The van der Waals surface area contributed by atoms with Crippen LogP contribution in [0.2, 0.25) is 0 Å². The first-order valence-electron chi connectivity index (χ1n) is 8.31. The van der Waals surface area contributed by atoms with Crippen molar-refractivity contribution >= 4 is 23.2 Å². The normalized spacial score (nSPS) is 26.2. The highest BCUT2D eigenvalue weighted by molar-refractivity contribution is 7.07. The van der Waals surface area contributed by atoms with Crippen LogP contribution in [-0.4, -0.2) is 63.2 Å². The molecule has 4 rings (SSSR count). The van der Waals surface area contributed by atoms with Crippen molar-refractivity contribution in [2.75, 3.05) is 19.6 Å². The molecule has 25 heavy (non-hydrogen) atoms. The summed E-state index contributed by atoms with van der Waals surface area (Å²) in [5.41, 5.74) is 3.22. The Balaban J connectivity index is 1.55. The molecule has 2 aromatic heterocycles. The summed E-state index contributed by atoms with van der Waals surface area (Å²) in [4.78, 5) is 30.6. The van der Waals surface area contributed by atoms with E-state index in [4.69, 9.17) is 0 Å². The molecule has 0 aromatic carbocycles. The highest BCUT2D eigenvalue weighted by Gasteiger charge is 2.40. The van der Waals surface area contributed by atoms with Crippen molar-refractivity contribution in [1.29, 1.82) is 0 Å². The van der Waals surface area contributed by atoms with Crippen molar-refractivity contribution in [3.8, 4) is 0 Å². The molecule has 2 aliphatic rings. The highest BCUT2D eigenvalue weighted by Crippen LogP contribution is 2.29. The molecule has 4 heterocycles. The maximum atomic E-state index is 12.7. The number of nitrogens with zero attached hydrogens (tertiary/aromatic N) is 4. The SMILES string of the molecule is Cn1cc(C2CN(C(=O)c3cscn3)CC2NC2CCNC2=O)cn1. The summed E-state index contributed by atoms with van der Waals surface area (Å²) >= 11 is 1.41. The largest absolute Gasteiger partial charge is 0.355 e. The average molecular weight is 360 g/mol. The van der Waals surface area contributed by atoms with Gasteiger partial charge in [0.2, 0.25) is 5.91 Å². The molecule has 0 saturated carbocycles. The summed E-state index contributed by atoms with van der Waals surface area (Å²) < 4.78 is 1.76. The number of likely N-dealkylation sites (tertiary alicyclic amines) is 1. The molecular formula is C16H20N6O2S. The number of thiazole rings is 1. The number of aryl methyl sites for hydroxylation is 1. The van der Waals surface area contributed by atoms with E-state index in [1.165, 1.54) is 11.3 Å². The topological polar surface area (TPSA) is 92.2 Å². The first kappa shape index (κ1) is 16.2. The molecule has 132 valence electrons. The molecule has 2 N–H and O–H groups in total. The van der Waals surface area contributed by atoms with E-state index in [-0.39, 0.29) is 29.8 Å². The van der Waals surface area contributed by atoms with E-state index >= 15 is 0 Å². The Bertz CT molecular complexity index is 773. The van der Waals surface area contributed by atoms with Gasteiger partial charge >= 0.3 is 0 Å². The molecule has 0 aliphatic carbocycles. The fourth-order valence-corrected chi connectivity index (χ4v) is 4.13. The van der Waals surface area contributed by atoms with Crippen molar-refractivity contribution in [3.63, 3.8) is 0 Å². The zero-order valence-corrected chi connectivity index (χ0v) is 14.7.